The van der Waals surface area contributed by atoms with Crippen LogP contribution in [-0.4, -0.2) is 51.8 Å². The molecule has 5 rings (SSSR count). The maximum atomic E-state index is 5.62. The highest BCUT2D eigenvalue weighted by Gasteiger charge is 2.25. The number of methoxy groups -OCH3 is 2. The molecule has 0 saturated carbocycles. The Morgan fingerprint density at radius 1 is 1.00 bits per heavy atom. The van der Waals surface area contributed by atoms with E-state index in [-0.39, 0.29) is 0 Å². The molecule has 0 radical (unpaired) electrons. The number of benzene rings is 1. The molecule has 1 aliphatic rings. The van der Waals surface area contributed by atoms with Crippen LogP contribution in [-0.2, 0) is 6.54 Å². The van der Waals surface area contributed by atoms with Gasteiger partial charge in [-0.3, -0.25) is 9.88 Å². The molecule has 1 atom stereocenters. The summed E-state index contributed by atoms with van der Waals surface area (Å²) in [6.45, 7) is 4.94. The van der Waals surface area contributed by atoms with Crippen molar-refractivity contribution in [2.75, 3.05) is 27.3 Å². The molecule has 1 aromatic carbocycles. The predicted octanol–water partition coefficient (Wildman–Crippen LogP) is 4.50. The second-order valence-electron chi connectivity index (χ2n) is 8.58. The first-order chi connectivity index (χ1) is 16.1. The maximum Gasteiger partial charge on any atom is 0.168 e. The molecule has 0 aliphatic carbocycles. The van der Waals surface area contributed by atoms with Crippen LogP contribution in [0.4, 0.5) is 0 Å². The number of para-hydroxylation sites is 1. The number of aromatic nitrogens is 4. The first-order valence-electron chi connectivity index (χ1n) is 11.4. The molecule has 4 heterocycles. The number of nitrogens with zero attached hydrogens (tertiary/aromatic N) is 5. The van der Waals surface area contributed by atoms with Crippen molar-refractivity contribution < 1.29 is 9.47 Å². The Morgan fingerprint density at radius 2 is 1.88 bits per heavy atom. The number of pyridine rings is 2. The Kier molecular flexibility index (Phi) is 5.96. The van der Waals surface area contributed by atoms with E-state index in [9.17, 15) is 0 Å². The van der Waals surface area contributed by atoms with Crippen molar-refractivity contribution in [2.45, 2.75) is 32.2 Å². The van der Waals surface area contributed by atoms with E-state index in [0.29, 0.717) is 17.4 Å². The summed E-state index contributed by atoms with van der Waals surface area (Å²) >= 11 is 0. The lowest BCUT2D eigenvalue weighted by Crippen LogP contribution is -2.34. The Balaban J connectivity index is 1.39. The maximum absolute atomic E-state index is 5.62. The molecular formula is C26H29N5O2. The van der Waals surface area contributed by atoms with Gasteiger partial charge in [0.2, 0.25) is 0 Å². The van der Waals surface area contributed by atoms with Gasteiger partial charge in [-0.2, -0.15) is 5.10 Å². The van der Waals surface area contributed by atoms with E-state index in [0.717, 1.165) is 66.5 Å². The van der Waals surface area contributed by atoms with Gasteiger partial charge in [0.15, 0.2) is 23.0 Å². The standard InChI is InChI=1S/C26H29N5O2/c1-18-7-4-9-21(27-18)17-30-14-6-8-20(15-30)26-28-24-13-12-19(16-31(24)29-26)22-10-5-11-23(32-2)25(22)33-3/h4-5,7,9-13,16,20H,6,8,14-15,17H2,1-3H3/t20-/m0/s1. The summed E-state index contributed by atoms with van der Waals surface area (Å²) in [5, 5.41) is 4.87. The highest BCUT2D eigenvalue weighted by atomic mass is 16.5. The van der Waals surface area contributed by atoms with E-state index in [2.05, 4.69) is 28.1 Å². The molecule has 0 amide bonds. The lowest BCUT2D eigenvalue weighted by molar-refractivity contribution is 0.194. The molecule has 0 spiro atoms. The minimum atomic E-state index is 0.318. The predicted molar refractivity (Wildman–Crippen MR) is 128 cm³/mol. The van der Waals surface area contributed by atoms with E-state index >= 15 is 0 Å². The van der Waals surface area contributed by atoms with Crippen molar-refractivity contribution in [2.24, 2.45) is 0 Å². The number of aryl methyl sites for hydroxylation is 1. The van der Waals surface area contributed by atoms with Crippen molar-refractivity contribution in [3.8, 4) is 22.6 Å². The van der Waals surface area contributed by atoms with E-state index in [1.165, 1.54) is 0 Å². The number of hydrogen-bond donors (Lipinski definition) is 0. The van der Waals surface area contributed by atoms with Gasteiger partial charge in [-0.05, 0) is 56.6 Å². The monoisotopic (exact) mass is 443 g/mol. The van der Waals surface area contributed by atoms with E-state index in [4.69, 9.17) is 19.6 Å². The molecular weight excluding hydrogens is 414 g/mol. The fraction of sp³-hybridized carbons (Fsp3) is 0.346. The van der Waals surface area contributed by atoms with Crippen LogP contribution in [0, 0.1) is 6.92 Å². The number of rotatable bonds is 6. The van der Waals surface area contributed by atoms with Gasteiger partial charge in [0.25, 0.3) is 0 Å². The zero-order valence-corrected chi connectivity index (χ0v) is 19.4. The van der Waals surface area contributed by atoms with Crippen molar-refractivity contribution in [1.29, 1.82) is 0 Å². The summed E-state index contributed by atoms with van der Waals surface area (Å²) in [5.74, 6) is 2.65. The van der Waals surface area contributed by atoms with Gasteiger partial charge >= 0.3 is 0 Å². The van der Waals surface area contributed by atoms with Crippen LogP contribution in [0.2, 0.25) is 0 Å². The third kappa shape index (κ3) is 4.41. The smallest absolute Gasteiger partial charge is 0.168 e. The second-order valence-corrected chi connectivity index (χ2v) is 8.58. The number of piperidine rings is 1. The van der Waals surface area contributed by atoms with E-state index in [1.807, 2.05) is 48.0 Å². The van der Waals surface area contributed by atoms with Gasteiger partial charge in [-0.1, -0.05) is 18.2 Å². The lowest BCUT2D eigenvalue weighted by Gasteiger charge is -2.31. The third-order valence-electron chi connectivity index (χ3n) is 6.26. The van der Waals surface area contributed by atoms with Crippen LogP contribution >= 0.6 is 0 Å². The average Bonchev–Trinajstić information content (AvgIpc) is 3.27. The summed E-state index contributed by atoms with van der Waals surface area (Å²) in [6, 6.07) is 16.2. The quantitative estimate of drug-likeness (QED) is 0.437. The van der Waals surface area contributed by atoms with Crippen LogP contribution in [0.25, 0.3) is 16.8 Å². The van der Waals surface area contributed by atoms with Crippen LogP contribution in [0.1, 0.15) is 36.0 Å². The molecule has 3 aromatic heterocycles. The minimum Gasteiger partial charge on any atom is -0.493 e. The summed E-state index contributed by atoms with van der Waals surface area (Å²) in [4.78, 5) is 12.0. The molecule has 0 N–H and O–H groups in total. The van der Waals surface area contributed by atoms with Crippen molar-refractivity contribution in [3.63, 3.8) is 0 Å². The minimum absolute atomic E-state index is 0.318. The summed E-state index contributed by atoms with van der Waals surface area (Å²) in [7, 11) is 3.31. The largest absolute Gasteiger partial charge is 0.493 e. The van der Waals surface area contributed by atoms with E-state index in [1.54, 1.807) is 14.2 Å². The van der Waals surface area contributed by atoms with Crippen molar-refractivity contribution >= 4 is 5.65 Å². The normalized spacial score (nSPS) is 16.8. The fourth-order valence-corrected chi connectivity index (χ4v) is 4.67. The Hall–Kier alpha value is -3.45. The first kappa shape index (κ1) is 21.4. The molecule has 1 aliphatic heterocycles. The molecule has 1 fully saturated rings. The van der Waals surface area contributed by atoms with Gasteiger partial charge in [0, 0.05) is 42.0 Å². The molecule has 1 saturated heterocycles. The molecule has 7 nitrogen and oxygen atoms in total. The van der Waals surface area contributed by atoms with Crippen LogP contribution in [0.5, 0.6) is 11.5 Å². The van der Waals surface area contributed by atoms with Crippen molar-refractivity contribution in [1.82, 2.24) is 24.5 Å². The molecule has 33 heavy (non-hydrogen) atoms. The van der Waals surface area contributed by atoms with Crippen LogP contribution in [0.15, 0.2) is 54.7 Å². The Bertz CT molecular complexity index is 1270. The lowest BCUT2D eigenvalue weighted by atomic mass is 9.97. The zero-order chi connectivity index (χ0) is 22.8. The zero-order valence-electron chi connectivity index (χ0n) is 19.4. The Labute approximate surface area is 194 Å². The second kappa shape index (κ2) is 9.19. The fourth-order valence-electron chi connectivity index (χ4n) is 4.67. The van der Waals surface area contributed by atoms with Crippen molar-refractivity contribution in [3.05, 3.63) is 71.9 Å². The highest BCUT2D eigenvalue weighted by molar-refractivity contribution is 5.74. The number of fused-ring (bicyclic) bond motifs is 1. The highest BCUT2D eigenvalue weighted by Crippen LogP contribution is 2.37. The van der Waals surface area contributed by atoms with Crippen LogP contribution in [0.3, 0.4) is 0 Å². The summed E-state index contributed by atoms with van der Waals surface area (Å²) < 4.78 is 13.0. The number of ether oxygens (including phenoxy) is 2. The summed E-state index contributed by atoms with van der Waals surface area (Å²) in [5.41, 5.74) is 5.01. The third-order valence-corrected chi connectivity index (χ3v) is 6.26. The number of hydrogen-bond acceptors (Lipinski definition) is 6. The molecule has 170 valence electrons. The van der Waals surface area contributed by atoms with Gasteiger partial charge in [0.05, 0.1) is 19.9 Å². The average molecular weight is 444 g/mol. The van der Waals surface area contributed by atoms with Gasteiger partial charge in [-0.25, -0.2) is 9.50 Å². The van der Waals surface area contributed by atoms with Crippen LogP contribution < -0.4 is 9.47 Å². The molecule has 4 aromatic rings. The molecule has 0 unspecified atom stereocenters. The number of likely N-dealkylation sites (tertiary alicyclic amines) is 1. The van der Waals surface area contributed by atoms with Gasteiger partial charge in [-0.15, -0.1) is 0 Å². The molecule has 0 bridgehead atoms. The summed E-state index contributed by atoms with van der Waals surface area (Å²) in [6.07, 6.45) is 4.25. The van der Waals surface area contributed by atoms with Gasteiger partial charge in [0.1, 0.15) is 0 Å². The Morgan fingerprint density at radius 3 is 2.70 bits per heavy atom. The first-order valence-corrected chi connectivity index (χ1v) is 11.4. The molecule has 7 heteroatoms. The SMILES string of the molecule is COc1cccc(-c2ccc3nc([C@H]4CCCN(Cc5cccc(C)n5)C4)nn3c2)c1OC. The topological polar surface area (TPSA) is 64.8 Å². The van der Waals surface area contributed by atoms with E-state index < -0.39 is 0 Å². The van der Waals surface area contributed by atoms with Gasteiger partial charge < -0.3 is 9.47 Å².